The number of nitrogens with one attached hydrogen (secondary N) is 2. The summed E-state index contributed by atoms with van der Waals surface area (Å²) >= 11 is 0. The molecule has 0 aliphatic carbocycles. The van der Waals surface area contributed by atoms with Crippen molar-refractivity contribution in [3.05, 3.63) is 66.4 Å². The van der Waals surface area contributed by atoms with Gasteiger partial charge >= 0.3 is 0 Å². The van der Waals surface area contributed by atoms with Crippen molar-refractivity contribution in [1.82, 2.24) is 30.2 Å². The summed E-state index contributed by atoms with van der Waals surface area (Å²) in [6.07, 6.45) is 8.04. The molecule has 2 atom stereocenters. The second kappa shape index (κ2) is 11.7. The average molecular weight is 527 g/mol. The monoisotopic (exact) mass is 526 g/mol. The smallest absolute Gasteiger partial charge is 0.251 e. The Labute approximate surface area is 228 Å². The van der Waals surface area contributed by atoms with Gasteiger partial charge in [-0.2, -0.15) is 0 Å². The van der Waals surface area contributed by atoms with Crippen LogP contribution in [-0.4, -0.2) is 68.7 Å². The molecule has 1 fully saturated rings. The normalized spacial score (nSPS) is 15.6. The van der Waals surface area contributed by atoms with Crippen molar-refractivity contribution in [2.24, 2.45) is 5.92 Å². The molecule has 4 heterocycles. The van der Waals surface area contributed by atoms with E-state index < -0.39 is 0 Å². The lowest BCUT2D eigenvalue weighted by atomic mass is 9.87. The lowest BCUT2D eigenvalue weighted by molar-refractivity contribution is 0.0964. The molecule has 0 saturated carbocycles. The van der Waals surface area contributed by atoms with Gasteiger partial charge in [0.2, 0.25) is 5.95 Å². The number of rotatable bonds is 8. The number of anilines is 2. The number of fused-ring (bicyclic) bond motifs is 1. The van der Waals surface area contributed by atoms with Crippen LogP contribution in [0.15, 0.2) is 55.2 Å². The van der Waals surface area contributed by atoms with Crippen molar-refractivity contribution < 1.29 is 9.90 Å². The van der Waals surface area contributed by atoms with Crippen LogP contribution in [0.3, 0.4) is 0 Å². The van der Waals surface area contributed by atoms with Gasteiger partial charge in [0.05, 0.1) is 22.9 Å². The van der Waals surface area contributed by atoms with Gasteiger partial charge in [-0.05, 0) is 36.3 Å². The number of carbonyl (C=O) groups excluding carboxylic acids is 1. The highest BCUT2D eigenvalue weighted by molar-refractivity contribution is 6.06. The van der Waals surface area contributed by atoms with Crippen LogP contribution in [0.25, 0.3) is 22.2 Å². The highest BCUT2D eigenvalue weighted by Crippen LogP contribution is 2.31. The van der Waals surface area contributed by atoms with Crippen LogP contribution in [0, 0.1) is 5.92 Å². The predicted molar refractivity (Wildman–Crippen MR) is 152 cm³/mol. The van der Waals surface area contributed by atoms with Crippen molar-refractivity contribution in [3.8, 4) is 11.3 Å². The number of aliphatic hydroxyl groups excluding tert-OH is 1. The van der Waals surface area contributed by atoms with Gasteiger partial charge < -0.3 is 20.6 Å². The van der Waals surface area contributed by atoms with E-state index in [0.29, 0.717) is 18.1 Å². The van der Waals surface area contributed by atoms with Crippen LogP contribution in [-0.2, 0) is 0 Å². The fourth-order valence-electron chi connectivity index (χ4n) is 4.94. The molecule has 202 valence electrons. The summed E-state index contributed by atoms with van der Waals surface area (Å²) in [5.41, 5.74) is 4.15. The van der Waals surface area contributed by atoms with E-state index in [1.807, 2.05) is 18.2 Å². The minimum atomic E-state index is -0.233. The molecule has 5 rings (SSSR count). The zero-order valence-electron chi connectivity index (χ0n) is 22.5. The minimum absolute atomic E-state index is 0.118. The van der Waals surface area contributed by atoms with E-state index in [9.17, 15) is 9.90 Å². The lowest BCUT2D eigenvalue weighted by Gasteiger charge is -2.29. The van der Waals surface area contributed by atoms with Crippen molar-refractivity contribution in [2.45, 2.75) is 38.7 Å². The second-order valence-corrected chi connectivity index (χ2v) is 10.1. The first kappa shape index (κ1) is 26.4. The number of piperidine rings is 1. The molecular formula is C29H34N8O2. The molecule has 0 spiro atoms. The molecule has 1 aliphatic heterocycles. The topological polar surface area (TPSA) is 129 Å². The summed E-state index contributed by atoms with van der Waals surface area (Å²) in [5, 5.41) is 16.8. The Morgan fingerprint density at radius 1 is 1.08 bits per heavy atom. The van der Waals surface area contributed by atoms with Crippen LogP contribution >= 0.6 is 0 Å². The zero-order chi connectivity index (χ0) is 27.4. The Balaban J connectivity index is 1.26. The van der Waals surface area contributed by atoms with Crippen LogP contribution < -0.4 is 15.5 Å². The number of amides is 1. The third-order valence-corrected chi connectivity index (χ3v) is 7.57. The number of carbonyl (C=O) groups is 1. The highest BCUT2D eigenvalue weighted by atomic mass is 16.3. The number of benzene rings is 1. The average Bonchev–Trinajstić information content (AvgIpc) is 2.99. The molecule has 1 aromatic carbocycles. The SMILES string of the molecule is CNC(=O)c1ccnc2c(C(C)[C@H](C)CNc3cc(-c4cnc(N5CCC(O)CC5)nc4)ncn3)cccc12. The molecule has 1 saturated heterocycles. The molecule has 39 heavy (non-hydrogen) atoms. The Bertz CT molecular complexity index is 1440. The molecule has 4 aromatic rings. The number of aliphatic hydroxyl groups is 1. The van der Waals surface area contributed by atoms with Crippen molar-refractivity contribution in [3.63, 3.8) is 0 Å². The maximum atomic E-state index is 12.4. The molecule has 10 nitrogen and oxygen atoms in total. The Morgan fingerprint density at radius 2 is 1.85 bits per heavy atom. The van der Waals surface area contributed by atoms with E-state index in [-0.39, 0.29) is 23.8 Å². The molecule has 3 N–H and O–H groups in total. The van der Waals surface area contributed by atoms with Gasteiger partial charge in [-0.15, -0.1) is 0 Å². The lowest BCUT2D eigenvalue weighted by Crippen LogP contribution is -2.36. The van der Waals surface area contributed by atoms with E-state index in [2.05, 4.69) is 60.4 Å². The van der Waals surface area contributed by atoms with Crippen molar-refractivity contribution in [2.75, 3.05) is 36.9 Å². The zero-order valence-corrected chi connectivity index (χ0v) is 22.5. The molecule has 1 aliphatic rings. The van der Waals surface area contributed by atoms with E-state index in [1.54, 1.807) is 38.0 Å². The van der Waals surface area contributed by atoms with Crippen LogP contribution in [0.2, 0.25) is 0 Å². The summed E-state index contributed by atoms with van der Waals surface area (Å²) in [4.78, 5) is 37.0. The molecule has 1 unspecified atom stereocenters. The van der Waals surface area contributed by atoms with E-state index >= 15 is 0 Å². The standard InChI is InChI=1S/C29H34N8O2/c1-18(19(2)22-5-4-6-23-24(28(39)30-3)7-10-31-27(22)23)14-32-26-13-25(35-17-36-26)20-15-33-29(34-16-20)37-11-8-21(38)9-12-37/h4-7,10,13,15-19,21,38H,8-9,11-12,14H2,1-3H3,(H,30,39)(H,32,35,36)/t18-,19?/m1/s1. The minimum Gasteiger partial charge on any atom is -0.393 e. The molecule has 3 aromatic heterocycles. The van der Waals surface area contributed by atoms with E-state index in [4.69, 9.17) is 0 Å². The van der Waals surface area contributed by atoms with Gasteiger partial charge in [0, 0.05) is 62.3 Å². The number of hydrogen-bond acceptors (Lipinski definition) is 9. The maximum absolute atomic E-state index is 12.4. The van der Waals surface area contributed by atoms with Crippen molar-refractivity contribution in [1.29, 1.82) is 0 Å². The highest BCUT2D eigenvalue weighted by Gasteiger charge is 2.21. The van der Waals surface area contributed by atoms with Gasteiger partial charge in [-0.25, -0.2) is 19.9 Å². The number of nitrogens with zero attached hydrogens (tertiary/aromatic N) is 6. The molecule has 0 bridgehead atoms. The summed E-state index contributed by atoms with van der Waals surface area (Å²) < 4.78 is 0. The predicted octanol–water partition coefficient (Wildman–Crippen LogP) is 3.65. The summed E-state index contributed by atoms with van der Waals surface area (Å²) in [6, 6.07) is 9.68. The molecule has 10 heteroatoms. The maximum Gasteiger partial charge on any atom is 0.251 e. The van der Waals surface area contributed by atoms with E-state index in [0.717, 1.165) is 59.5 Å². The first-order valence-corrected chi connectivity index (χ1v) is 13.4. The van der Waals surface area contributed by atoms with Crippen LogP contribution in [0.4, 0.5) is 11.8 Å². The summed E-state index contributed by atoms with van der Waals surface area (Å²) in [6.45, 7) is 6.57. The Kier molecular flexibility index (Phi) is 7.92. The Morgan fingerprint density at radius 3 is 2.59 bits per heavy atom. The third-order valence-electron chi connectivity index (χ3n) is 7.57. The molecule has 0 radical (unpaired) electrons. The number of pyridine rings is 1. The quantitative estimate of drug-likeness (QED) is 0.315. The number of hydrogen-bond donors (Lipinski definition) is 3. The largest absolute Gasteiger partial charge is 0.393 e. The first-order valence-electron chi connectivity index (χ1n) is 13.4. The van der Waals surface area contributed by atoms with Crippen molar-refractivity contribution >= 4 is 28.6 Å². The Hall–Kier alpha value is -4.18. The first-order chi connectivity index (χ1) is 18.9. The summed E-state index contributed by atoms with van der Waals surface area (Å²) in [5.74, 6) is 1.72. The number of para-hydroxylation sites is 1. The van der Waals surface area contributed by atoms with Gasteiger partial charge in [-0.3, -0.25) is 9.78 Å². The third kappa shape index (κ3) is 5.80. The fourth-order valence-corrected chi connectivity index (χ4v) is 4.94. The fraction of sp³-hybridized carbons (Fsp3) is 0.379. The van der Waals surface area contributed by atoms with Gasteiger partial charge in [0.25, 0.3) is 5.91 Å². The summed E-state index contributed by atoms with van der Waals surface area (Å²) in [7, 11) is 1.64. The van der Waals surface area contributed by atoms with Gasteiger partial charge in [0.15, 0.2) is 0 Å². The molecular weight excluding hydrogens is 492 g/mol. The van der Waals surface area contributed by atoms with E-state index in [1.165, 1.54) is 0 Å². The van der Waals surface area contributed by atoms with Gasteiger partial charge in [-0.1, -0.05) is 32.0 Å². The van der Waals surface area contributed by atoms with Gasteiger partial charge in [0.1, 0.15) is 12.1 Å². The molecule has 1 amide bonds. The van der Waals surface area contributed by atoms with Crippen LogP contribution in [0.5, 0.6) is 0 Å². The van der Waals surface area contributed by atoms with Crippen LogP contribution in [0.1, 0.15) is 48.5 Å². The number of aromatic nitrogens is 5. The second-order valence-electron chi connectivity index (χ2n) is 10.1.